The predicted molar refractivity (Wildman–Crippen MR) is 73.4 cm³/mol. The molecule has 3 nitrogen and oxygen atoms in total. The van der Waals surface area contributed by atoms with Crippen LogP contribution in [0.4, 0.5) is 0 Å². The van der Waals surface area contributed by atoms with E-state index >= 15 is 0 Å². The van der Waals surface area contributed by atoms with Crippen molar-refractivity contribution in [3.63, 3.8) is 0 Å². The molecule has 0 amide bonds. The molecule has 1 aromatic rings. The Labute approximate surface area is 109 Å². The van der Waals surface area contributed by atoms with Gasteiger partial charge in [0.15, 0.2) is 0 Å². The highest BCUT2D eigenvalue weighted by molar-refractivity contribution is 5.42. The fraction of sp³-hybridized carbons (Fsp3) is 0.600. The number of nitrogens with one attached hydrogen (secondary N) is 1. The summed E-state index contributed by atoms with van der Waals surface area (Å²) in [6.45, 7) is 10.7. The fourth-order valence-electron chi connectivity index (χ4n) is 2.42. The van der Waals surface area contributed by atoms with Crippen molar-refractivity contribution in [1.29, 1.82) is 0 Å². The van der Waals surface area contributed by atoms with Crippen LogP contribution in [0.3, 0.4) is 0 Å². The van der Waals surface area contributed by atoms with Gasteiger partial charge < -0.3 is 14.8 Å². The summed E-state index contributed by atoms with van der Waals surface area (Å²) in [5, 5.41) is 3.44. The molecule has 0 aliphatic carbocycles. The molecule has 3 heteroatoms. The number of ether oxygens (including phenoxy) is 2. The highest BCUT2D eigenvalue weighted by Gasteiger charge is 2.18. The van der Waals surface area contributed by atoms with Crippen molar-refractivity contribution in [3.8, 4) is 5.75 Å². The number of hydrogen-bond donors (Lipinski definition) is 1. The van der Waals surface area contributed by atoms with Gasteiger partial charge in [-0.3, -0.25) is 0 Å². The molecule has 0 radical (unpaired) electrons. The minimum atomic E-state index is 0.293. The van der Waals surface area contributed by atoms with Crippen LogP contribution in [0.2, 0.25) is 0 Å². The summed E-state index contributed by atoms with van der Waals surface area (Å²) in [7, 11) is 0. The minimum Gasteiger partial charge on any atom is -0.491 e. The molecule has 2 rings (SSSR count). The highest BCUT2D eigenvalue weighted by atomic mass is 16.5. The lowest BCUT2D eigenvalue weighted by atomic mass is 10.1. The van der Waals surface area contributed by atoms with Crippen molar-refractivity contribution in [2.75, 3.05) is 19.8 Å². The second-order valence-electron chi connectivity index (χ2n) is 5.29. The summed E-state index contributed by atoms with van der Waals surface area (Å²) >= 11 is 0. The first-order chi connectivity index (χ1) is 8.56. The van der Waals surface area contributed by atoms with Gasteiger partial charge in [-0.25, -0.2) is 0 Å². The van der Waals surface area contributed by atoms with E-state index < -0.39 is 0 Å². The Kier molecular flexibility index (Phi) is 4.25. The molecule has 1 aliphatic rings. The first-order valence-corrected chi connectivity index (χ1v) is 6.62. The van der Waals surface area contributed by atoms with Gasteiger partial charge in [-0.15, -0.1) is 0 Å². The monoisotopic (exact) mass is 249 g/mol. The second kappa shape index (κ2) is 5.72. The zero-order chi connectivity index (χ0) is 13.1. The van der Waals surface area contributed by atoms with Crippen molar-refractivity contribution in [2.24, 2.45) is 0 Å². The molecule has 1 aliphatic heterocycles. The van der Waals surface area contributed by atoms with Crippen LogP contribution in [0.5, 0.6) is 5.75 Å². The predicted octanol–water partition coefficient (Wildman–Crippen LogP) is 2.37. The van der Waals surface area contributed by atoms with Crippen LogP contribution >= 0.6 is 0 Å². The molecule has 1 saturated heterocycles. The maximum atomic E-state index is 5.95. The zero-order valence-electron chi connectivity index (χ0n) is 11.7. The third-order valence-corrected chi connectivity index (χ3v) is 3.31. The standard InChI is InChI=1S/C15H23NO2/c1-10-5-11(2)15(12(3)6-10)18-9-14-8-17-13(4)7-16-14/h5-6,13-14,16H,7-9H2,1-4H3. The minimum absolute atomic E-state index is 0.293. The van der Waals surface area contributed by atoms with Gasteiger partial charge in [-0.05, 0) is 38.8 Å². The molecule has 0 aromatic heterocycles. The van der Waals surface area contributed by atoms with E-state index in [1.807, 2.05) is 0 Å². The summed E-state index contributed by atoms with van der Waals surface area (Å²) < 4.78 is 11.6. The topological polar surface area (TPSA) is 30.5 Å². The lowest BCUT2D eigenvalue weighted by Gasteiger charge is -2.28. The Hall–Kier alpha value is -1.06. The molecular formula is C15H23NO2. The number of benzene rings is 1. The number of hydrogen-bond acceptors (Lipinski definition) is 3. The molecule has 2 atom stereocenters. The molecule has 1 heterocycles. The number of rotatable bonds is 3. The van der Waals surface area contributed by atoms with Gasteiger partial charge >= 0.3 is 0 Å². The molecular weight excluding hydrogens is 226 g/mol. The molecule has 2 unspecified atom stereocenters. The maximum Gasteiger partial charge on any atom is 0.125 e. The average molecular weight is 249 g/mol. The van der Waals surface area contributed by atoms with Crippen LogP contribution in [0.25, 0.3) is 0 Å². The first kappa shape index (κ1) is 13.4. The molecule has 1 N–H and O–H groups in total. The quantitative estimate of drug-likeness (QED) is 0.892. The van der Waals surface area contributed by atoms with Crippen LogP contribution in [0.15, 0.2) is 12.1 Å². The summed E-state index contributed by atoms with van der Waals surface area (Å²) in [5.74, 6) is 1.01. The Balaban J connectivity index is 1.94. The van der Waals surface area contributed by atoms with E-state index in [4.69, 9.17) is 9.47 Å². The Morgan fingerprint density at radius 1 is 1.28 bits per heavy atom. The highest BCUT2D eigenvalue weighted by Crippen LogP contribution is 2.24. The third kappa shape index (κ3) is 3.24. The van der Waals surface area contributed by atoms with Crippen molar-refractivity contribution < 1.29 is 9.47 Å². The van der Waals surface area contributed by atoms with E-state index in [1.54, 1.807) is 0 Å². The maximum absolute atomic E-state index is 5.95. The van der Waals surface area contributed by atoms with E-state index in [9.17, 15) is 0 Å². The fourth-order valence-corrected chi connectivity index (χ4v) is 2.42. The molecule has 0 spiro atoms. The second-order valence-corrected chi connectivity index (χ2v) is 5.29. The number of morpholine rings is 1. The van der Waals surface area contributed by atoms with Gasteiger partial charge in [0.05, 0.1) is 18.8 Å². The normalized spacial score (nSPS) is 24.0. The molecule has 1 aromatic carbocycles. The summed E-state index contributed by atoms with van der Waals surface area (Å²) in [4.78, 5) is 0. The van der Waals surface area contributed by atoms with E-state index in [-0.39, 0.29) is 0 Å². The Morgan fingerprint density at radius 2 is 1.94 bits per heavy atom. The van der Waals surface area contributed by atoms with Crippen molar-refractivity contribution in [3.05, 3.63) is 28.8 Å². The van der Waals surface area contributed by atoms with E-state index in [2.05, 4.69) is 45.1 Å². The van der Waals surface area contributed by atoms with Crippen LogP contribution in [0.1, 0.15) is 23.6 Å². The van der Waals surface area contributed by atoms with E-state index in [1.165, 1.54) is 16.7 Å². The van der Waals surface area contributed by atoms with Gasteiger partial charge in [0.1, 0.15) is 12.4 Å². The summed E-state index contributed by atoms with van der Waals surface area (Å²) in [6, 6.07) is 4.62. The van der Waals surface area contributed by atoms with E-state index in [0.29, 0.717) is 18.8 Å². The van der Waals surface area contributed by atoms with Crippen LogP contribution < -0.4 is 10.1 Å². The van der Waals surface area contributed by atoms with Crippen molar-refractivity contribution in [1.82, 2.24) is 5.32 Å². The van der Waals surface area contributed by atoms with E-state index in [0.717, 1.165) is 18.9 Å². The van der Waals surface area contributed by atoms with Crippen LogP contribution in [-0.2, 0) is 4.74 Å². The van der Waals surface area contributed by atoms with Gasteiger partial charge in [-0.2, -0.15) is 0 Å². The van der Waals surface area contributed by atoms with Gasteiger partial charge in [-0.1, -0.05) is 17.7 Å². The third-order valence-electron chi connectivity index (χ3n) is 3.31. The average Bonchev–Trinajstić information content (AvgIpc) is 2.30. The Bertz CT molecular complexity index is 386. The smallest absolute Gasteiger partial charge is 0.125 e. The van der Waals surface area contributed by atoms with Crippen LogP contribution in [-0.4, -0.2) is 31.9 Å². The molecule has 100 valence electrons. The summed E-state index contributed by atoms with van der Waals surface area (Å²) in [5.41, 5.74) is 3.69. The largest absolute Gasteiger partial charge is 0.491 e. The zero-order valence-corrected chi connectivity index (χ0v) is 11.7. The lowest BCUT2D eigenvalue weighted by molar-refractivity contribution is 0.00444. The SMILES string of the molecule is Cc1cc(C)c(OCC2COC(C)CN2)c(C)c1. The Morgan fingerprint density at radius 3 is 2.50 bits per heavy atom. The van der Waals surface area contributed by atoms with Gasteiger partial charge in [0.2, 0.25) is 0 Å². The van der Waals surface area contributed by atoms with Gasteiger partial charge in [0.25, 0.3) is 0 Å². The van der Waals surface area contributed by atoms with Gasteiger partial charge in [0, 0.05) is 6.54 Å². The molecule has 18 heavy (non-hydrogen) atoms. The first-order valence-electron chi connectivity index (χ1n) is 6.62. The molecule has 0 saturated carbocycles. The lowest BCUT2D eigenvalue weighted by Crippen LogP contribution is -2.48. The van der Waals surface area contributed by atoms with Crippen LogP contribution in [0, 0.1) is 20.8 Å². The van der Waals surface area contributed by atoms with Crippen molar-refractivity contribution in [2.45, 2.75) is 39.8 Å². The number of aryl methyl sites for hydroxylation is 3. The molecule has 1 fully saturated rings. The molecule has 0 bridgehead atoms. The summed E-state index contributed by atoms with van der Waals surface area (Å²) in [6.07, 6.45) is 0.309. The van der Waals surface area contributed by atoms with Crippen molar-refractivity contribution >= 4 is 0 Å².